The first-order chi connectivity index (χ1) is 13.0. The first-order valence-electron chi connectivity index (χ1n) is 7.90. The van der Waals surface area contributed by atoms with Crippen molar-refractivity contribution in [1.29, 1.82) is 0 Å². The van der Waals surface area contributed by atoms with Crippen molar-refractivity contribution in [3.05, 3.63) is 85.4 Å². The van der Waals surface area contributed by atoms with Gasteiger partial charge in [0.2, 0.25) is 5.89 Å². The minimum absolute atomic E-state index is 0.0917. The summed E-state index contributed by atoms with van der Waals surface area (Å²) in [4.78, 5) is 21.2. The molecule has 0 N–H and O–H groups in total. The summed E-state index contributed by atoms with van der Waals surface area (Å²) in [6.45, 7) is 0.0917. The number of rotatable bonds is 4. The monoisotopic (exact) mass is 420 g/mol. The van der Waals surface area contributed by atoms with Gasteiger partial charge in [0.05, 0.1) is 22.3 Å². The van der Waals surface area contributed by atoms with Crippen molar-refractivity contribution in [3.8, 4) is 0 Å². The van der Waals surface area contributed by atoms with E-state index in [2.05, 4.69) is 15.1 Å². The summed E-state index contributed by atoms with van der Waals surface area (Å²) in [7, 11) is 0. The second-order valence-corrected chi connectivity index (χ2v) is 7.15. The lowest BCUT2D eigenvalue weighted by Gasteiger charge is -2.05. The summed E-state index contributed by atoms with van der Waals surface area (Å²) in [6.07, 6.45) is 1.87. The fraction of sp³-hybridized carbons (Fsp3) is 0.111. The van der Waals surface area contributed by atoms with Gasteiger partial charge in [0.25, 0.3) is 5.56 Å². The van der Waals surface area contributed by atoms with E-state index in [4.69, 9.17) is 39.3 Å². The van der Waals surface area contributed by atoms with Gasteiger partial charge in [-0.25, -0.2) is 4.98 Å². The summed E-state index contributed by atoms with van der Waals surface area (Å²) < 4.78 is 6.62. The fourth-order valence-electron chi connectivity index (χ4n) is 2.71. The van der Waals surface area contributed by atoms with Crippen LogP contribution in [0.5, 0.6) is 0 Å². The van der Waals surface area contributed by atoms with Crippen LogP contribution in [0, 0.1) is 0 Å². The van der Waals surface area contributed by atoms with Crippen molar-refractivity contribution in [2.24, 2.45) is 0 Å². The molecule has 0 bridgehead atoms. The summed E-state index contributed by atoms with van der Waals surface area (Å²) in [5, 5.41) is 5.61. The molecule has 0 atom stereocenters. The lowest BCUT2D eigenvalue weighted by molar-refractivity contribution is 0.365. The van der Waals surface area contributed by atoms with Crippen molar-refractivity contribution >= 4 is 45.7 Å². The highest BCUT2D eigenvalue weighted by atomic mass is 35.5. The molecule has 2 aromatic heterocycles. The maximum absolute atomic E-state index is 12.7. The smallest absolute Gasteiger partial charge is 0.261 e. The van der Waals surface area contributed by atoms with Crippen LogP contribution in [0.2, 0.25) is 15.1 Å². The Labute approximate surface area is 168 Å². The molecule has 2 heterocycles. The number of nitrogens with zero attached hydrogens (tertiary/aromatic N) is 4. The van der Waals surface area contributed by atoms with Crippen LogP contribution < -0.4 is 5.56 Å². The van der Waals surface area contributed by atoms with Gasteiger partial charge in [-0.3, -0.25) is 9.36 Å². The molecule has 0 aliphatic rings. The quantitative estimate of drug-likeness (QED) is 0.489. The molecule has 4 rings (SSSR count). The van der Waals surface area contributed by atoms with Crippen LogP contribution >= 0.6 is 34.8 Å². The summed E-state index contributed by atoms with van der Waals surface area (Å²) in [5.41, 5.74) is 1.07. The lowest BCUT2D eigenvalue weighted by atomic mass is 10.1. The topological polar surface area (TPSA) is 73.8 Å². The van der Waals surface area contributed by atoms with Crippen molar-refractivity contribution in [2.75, 3.05) is 0 Å². The highest BCUT2D eigenvalue weighted by Gasteiger charge is 2.13. The molecule has 6 nitrogen and oxygen atoms in total. The van der Waals surface area contributed by atoms with Gasteiger partial charge < -0.3 is 4.52 Å². The Morgan fingerprint density at radius 2 is 1.93 bits per heavy atom. The van der Waals surface area contributed by atoms with Gasteiger partial charge in [-0.2, -0.15) is 4.98 Å². The zero-order chi connectivity index (χ0) is 19.0. The molecule has 0 radical (unpaired) electrons. The predicted octanol–water partition coefficient (Wildman–Crippen LogP) is 4.38. The van der Waals surface area contributed by atoms with E-state index in [1.807, 2.05) is 18.2 Å². The minimum Gasteiger partial charge on any atom is -0.337 e. The Kier molecular flexibility index (Phi) is 4.86. The highest BCUT2D eigenvalue weighted by Crippen LogP contribution is 2.24. The van der Waals surface area contributed by atoms with E-state index in [9.17, 15) is 4.79 Å². The third-order valence-corrected chi connectivity index (χ3v) is 4.65. The van der Waals surface area contributed by atoms with E-state index in [0.29, 0.717) is 44.1 Å². The molecule has 9 heteroatoms. The molecule has 0 unspecified atom stereocenters. The molecule has 0 aliphatic heterocycles. The van der Waals surface area contributed by atoms with Crippen molar-refractivity contribution < 1.29 is 4.52 Å². The molecule has 2 aromatic carbocycles. The standard InChI is InChI=1S/C18H11Cl3N4O2/c19-11-3-1-2-10(4-11)5-15-23-16(27-24-15)8-25-9-22-17-13(18(25)26)6-12(20)7-14(17)21/h1-4,6-7,9H,5,8H2. The predicted molar refractivity (Wildman–Crippen MR) is 104 cm³/mol. The average molecular weight is 422 g/mol. The molecular weight excluding hydrogens is 411 g/mol. The maximum atomic E-state index is 12.7. The van der Waals surface area contributed by atoms with Crippen LogP contribution in [0.1, 0.15) is 17.3 Å². The molecule has 0 amide bonds. The van der Waals surface area contributed by atoms with Gasteiger partial charge in [-0.05, 0) is 29.8 Å². The Morgan fingerprint density at radius 3 is 2.74 bits per heavy atom. The molecule has 0 spiro atoms. The van der Waals surface area contributed by atoms with Gasteiger partial charge in [-0.15, -0.1) is 0 Å². The van der Waals surface area contributed by atoms with E-state index in [1.165, 1.54) is 17.0 Å². The van der Waals surface area contributed by atoms with Crippen LogP contribution in [0.25, 0.3) is 10.9 Å². The van der Waals surface area contributed by atoms with Crippen LogP contribution in [0.4, 0.5) is 0 Å². The number of hydrogen-bond acceptors (Lipinski definition) is 5. The number of hydrogen-bond donors (Lipinski definition) is 0. The number of benzene rings is 2. The molecule has 136 valence electrons. The summed E-state index contributed by atoms with van der Waals surface area (Å²) in [6, 6.07) is 10.5. The normalized spacial score (nSPS) is 11.2. The van der Waals surface area contributed by atoms with E-state index >= 15 is 0 Å². The molecular formula is C18H11Cl3N4O2. The van der Waals surface area contributed by atoms with E-state index < -0.39 is 0 Å². The van der Waals surface area contributed by atoms with Crippen molar-refractivity contribution in [3.63, 3.8) is 0 Å². The second-order valence-electron chi connectivity index (χ2n) is 5.87. The van der Waals surface area contributed by atoms with Crippen LogP contribution in [0.3, 0.4) is 0 Å². The summed E-state index contributed by atoms with van der Waals surface area (Å²) in [5.74, 6) is 0.795. The average Bonchev–Trinajstić information content (AvgIpc) is 3.05. The lowest BCUT2D eigenvalue weighted by Crippen LogP contribution is -2.21. The molecule has 0 aliphatic carbocycles. The molecule has 0 saturated heterocycles. The zero-order valence-corrected chi connectivity index (χ0v) is 16.0. The first kappa shape index (κ1) is 18.0. The molecule has 27 heavy (non-hydrogen) atoms. The van der Waals surface area contributed by atoms with Gasteiger partial charge in [-0.1, -0.05) is 52.1 Å². The Morgan fingerprint density at radius 1 is 1.07 bits per heavy atom. The number of aromatic nitrogens is 4. The van der Waals surface area contributed by atoms with Gasteiger partial charge in [0, 0.05) is 16.5 Å². The SMILES string of the molecule is O=c1c2cc(Cl)cc(Cl)c2ncn1Cc1nc(Cc2cccc(Cl)c2)no1. The van der Waals surface area contributed by atoms with Crippen LogP contribution in [-0.4, -0.2) is 19.7 Å². The largest absolute Gasteiger partial charge is 0.337 e. The van der Waals surface area contributed by atoms with Gasteiger partial charge in [0.1, 0.15) is 6.54 Å². The Hall–Kier alpha value is -2.41. The molecule has 0 fully saturated rings. The Bertz CT molecular complexity index is 1200. The third-order valence-electron chi connectivity index (χ3n) is 3.91. The van der Waals surface area contributed by atoms with E-state index in [1.54, 1.807) is 12.1 Å². The van der Waals surface area contributed by atoms with Crippen molar-refractivity contribution in [1.82, 2.24) is 19.7 Å². The zero-order valence-electron chi connectivity index (χ0n) is 13.7. The van der Waals surface area contributed by atoms with Crippen molar-refractivity contribution in [2.45, 2.75) is 13.0 Å². The summed E-state index contributed by atoms with van der Waals surface area (Å²) >= 11 is 18.1. The second kappa shape index (κ2) is 7.31. The van der Waals surface area contributed by atoms with Crippen LogP contribution in [-0.2, 0) is 13.0 Å². The molecule has 0 saturated carbocycles. The molecule has 4 aromatic rings. The highest BCUT2D eigenvalue weighted by molar-refractivity contribution is 6.38. The van der Waals surface area contributed by atoms with E-state index in [-0.39, 0.29) is 12.1 Å². The number of fused-ring (bicyclic) bond motifs is 1. The first-order valence-corrected chi connectivity index (χ1v) is 9.03. The Balaban J connectivity index is 1.61. The van der Waals surface area contributed by atoms with Gasteiger partial charge in [0.15, 0.2) is 5.82 Å². The minimum atomic E-state index is -0.293. The fourth-order valence-corrected chi connectivity index (χ4v) is 3.46. The van der Waals surface area contributed by atoms with Crippen LogP contribution in [0.15, 0.2) is 52.0 Å². The maximum Gasteiger partial charge on any atom is 0.261 e. The van der Waals surface area contributed by atoms with E-state index in [0.717, 1.165) is 5.56 Å². The van der Waals surface area contributed by atoms with Gasteiger partial charge >= 0.3 is 0 Å². The third kappa shape index (κ3) is 3.83. The number of halogens is 3.